The fourth-order valence-corrected chi connectivity index (χ4v) is 2.39. The van der Waals surface area contributed by atoms with E-state index < -0.39 is 5.60 Å². The summed E-state index contributed by atoms with van der Waals surface area (Å²) in [6.45, 7) is 3.96. The highest BCUT2D eigenvalue weighted by atomic mass is 16.5. The lowest BCUT2D eigenvalue weighted by Crippen LogP contribution is -2.41. The molecule has 0 N–H and O–H groups in total. The highest BCUT2D eigenvalue weighted by molar-refractivity contribution is 5.89. The van der Waals surface area contributed by atoms with Crippen LogP contribution in [-0.4, -0.2) is 18.5 Å². The zero-order valence-electron chi connectivity index (χ0n) is 10.3. The van der Waals surface area contributed by atoms with E-state index in [1.807, 2.05) is 13.8 Å². The van der Waals surface area contributed by atoms with E-state index in [2.05, 4.69) is 0 Å². The van der Waals surface area contributed by atoms with E-state index in [9.17, 15) is 4.79 Å². The van der Waals surface area contributed by atoms with Gasteiger partial charge in [-0.1, -0.05) is 32.6 Å². The number of rotatable bonds is 4. The van der Waals surface area contributed by atoms with Crippen LogP contribution in [0.5, 0.6) is 0 Å². The van der Waals surface area contributed by atoms with Gasteiger partial charge in [0.15, 0.2) is 5.78 Å². The molecule has 1 aliphatic carbocycles. The second-order valence-corrected chi connectivity index (χ2v) is 4.84. The molecule has 1 saturated carbocycles. The largest absolute Gasteiger partial charge is 0.371 e. The quantitative estimate of drug-likeness (QED) is 0.668. The van der Waals surface area contributed by atoms with E-state index in [1.165, 1.54) is 25.7 Å². The SMILES string of the molecule is CCC(C)(OC)C(=O)C1CCCCCC1. The van der Waals surface area contributed by atoms with Gasteiger partial charge in [-0.05, 0) is 26.2 Å². The van der Waals surface area contributed by atoms with Gasteiger partial charge in [-0.2, -0.15) is 0 Å². The van der Waals surface area contributed by atoms with Gasteiger partial charge in [-0.15, -0.1) is 0 Å². The molecule has 1 fully saturated rings. The Bertz CT molecular complexity index is 199. The molecule has 0 bridgehead atoms. The predicted molar refractivity (Wildman–Crippen MR) is 61.9 cm³/mol. The van der Waals surface area contributed by atoms with Crippen LogP contribution in [0.3, 0.4) is 0 Å². The van der Waals surface area contributed by atoms with Crippen molar-refractivity contribution in [3.8, 4) is 0 Å². The molecule has 1 atom stereocenters. The lowest BCUT2D eigenvalue weighted by Gasteiger charge is -2.29. The van der Waals surface area contributed by atoms with E-state index >= 15 is 0 Å². The van der Waals surface area contributed by atoms with Gasteiger partial charge >= 0.3 is 0 Å². The molecule has 1 unspecified atom stereocenters. The summed E-state index contributed by atoms with van der Waals surface area (Å²) in [5, 5.41) is 0. The van der Waals surface area contributed by atoms with Crippen molar-refractivity contribution >= 4 is 5.78 Å². The third-order valence-corrected chi connectivity index (χ3v) is 3.87. The Morgan fingerprint density at radius 3 is 2.20 bits per heavy atom. The lowest BCUT2D eigenvalue weighted by molar-refractivity contribution is -0.144. The topological polar surface area (TPSA) is 26.3 Å². The number of methoxy groups -OCH3 is 1. The summed E-state index contributed by atoms with van der Waals surface area (Å²) in [6.07, 6.45) is 7.91. The molecular weight excluding hydrogens is 188 g/mol. The molecule has 2 heteroatoms. The summed E-state index contributed by atoms with van der Waals surface area (Å²) in [6, 6.07) is 0. The molecule has 0 radical (unpaired) electrons. The van der Waals surface area contributed by atoms with Gasteiger partial charge in [-0.25, -0.2) is 0 Å². The summed E-state index contributed by atoms with van der Waals surface area (Å²) in [5.41, 5.74) is -0.547. The average molecular weight is 212 g/mol. The van der Waals surface area contributed by atoms with Crippen molar-refractivity contribution in [3.05, 3.63) is 0 Å². The van der Waals surface area contributed by atoms with E-state index in [0.29, 0.717) is 5.78 Å². The summed E-state index contributed by atoms with van der Waals surface area (Å²) >= 11 is 0. The first-order valence-corrected chi connectivity index (χ1v) is 6.23. The molecule has 0 aliphatic heterocycles. The van der Waals surface area contributed by atoms with Crippen molar-refractivity contribution < 1.29 is 9.53 Å². The first-order valence-electron chi connectivity index (χ1n) is 6.23. The van der Waals surface area contributed by atoms with Crippen molar-refractivity contribution in [1.82, 2.24) is 0 Å². The third kappa shape index (κ3) is 3.04. The summed E-state index contributed by atoms with van der Waals surface area (Å²) in [4.78, 5) is 12.3. The number of carbonyl (C=O) groups excluding carboxylic acids is 1. The van der Waals surface area contributed by atoms with Crippen LogP contribution in [0.25, 0.3) is 0 Å². The molecule has 0 amide bonds. The Labute approximate surface area is 93.4 Å². The van der Waals surface area contributed by atoms with Crippen LogP contribution in [0.1, 0.15) is 58.8 Å². The van der Waals surface area contributed by atoms with Crippen LogP contribution >= 0.6 is 0 Å². The van der Waals surface area contributed by atoms with E-state index in [0.717, 1.165) is 19.3 Å². The number of Topliss-reactive ketones (excluding diaryl/α,β-unsaturated/α-hetero) is 1. The Morgan fingerprint density at radius 2 is 1.80 bits per heavy atom. The molecule has 88 valence electrons. The smallest absolute Gasteiger partial charge is 0.167 e. The minimum absolute atomic E-state index is 0.248. The maximum Gasteiger partial charge on any atom is 0.167 e. The zero-order valence-corrected chi connectivity index (χ0v) is 10.3. The molecule has 0 aromatic rings. The number of hydrogen-bond donors (Lipinski definition) is 0. The highest BCUT2D eigenvalue weighted by Gasteiger charge is 2.36. The minimum atomic E-state index is -0.547. The number of ether oxygens (including phenoxy) is 1. The molecule has 0 saturated heterocycles. The second kappa shape index (κ2) is 5.64. The van der Waals surface area contributed by atoms with Gasteiger partial charge in [0.25, 0.3) is 0 Å². The highest BCUT2D eigenvalue weighted by Crippen LogP contribution is 2.29. The minimum Gasteiger partial charge on any atom is -0.371 e. The molecule has 0 aromatic heterocycles. The molecular formula is C13H24O2. The van der Waals surface area contributed by atoms with Crippen molar-refractivity contribution in [3.63, 3.8) is 0 Å². The Kier molecular flexibility index (Phi) is 4.78. The van der Waals surface area contributed by atoms with Crippen LogP contribution < -0.4 is 0 Å². The number of ketones is 1. The van der Waals surface area contributed by atoms with Crippen LogP contribution in [0.15, 0.2) is 0 Å². The molecule has 1 aliphatic rings. The van der Waals surface area contributed by atoms with Gasteiger partial charge < -0.3 is 4.74 Å². The van der Waals surface area contributed by atoms with Crippen molar-refractivity contribution in [2.45, 2.75) is 64.4 Å². The molecule has 0 heterocycles. The monoisotopic (exact) mass is 212 g/mol. The second-order valence-electron chi connectivity index (χ2n) is 4.84. The van der Waals surface area contributed by atoms with Gasteiger partial charge in [0, 0.05) is 13.0 Å². The summed E-state index contributed by atoms with van der Waals surface area (Å²) in [7, 11) is 1.65. The maximum atomic E-state index is 12.3. The van der Waals surface area contributed by atoms with Crippen LogP contribution in [0, 0.1) is 5.92 Å². The fraction of sp³-hybridized carbons (Fsp3) is 0.923. The third-order valence-electron chi connectivity index (χ3n) is 3.87. The standard InChI is InChI=1S/C13H24O2/c1-4-13(2,15-3)12(14)11-9-7-5-6-8-10-11/h11H,4-10H2,1-3H3. The Morgan fingerprint density at radius 1 is 1.27 bits per heavy atom. The average Bonchev–Trinajstić information content (AvgIpc) is 2.55. The van der Waals surface area contributed by atoms with Gasteiger partial charge in [0.2, 0.25) is 0 Å². The van der Waals surface area contributed by atoms with Crippen LogP contribution in [-0.2, 0) is 9.53 Å². The van der Waals surface area contributed by atoms with Crippen molar-refractivity contribution in [2.24, 2.45) is 5.92 Å². The fourth-order valence-electron chi connectivity index (χ4n) is 2.39. The molecule has 0 spiro atoms. The Balaban J connectivity index is 2.64. The first kappa shape index (κ1) is 12.7. The van der Waals surface area contributed by atoms with Crippen LogP contribution in [0.2, 0.25) is 0 Å². The summed E-state index contributed by atoms with van der Waals surface area (Å²) < 4.78 is 5.39. The molecule has 1 rings (SSSR count). The molecule has 15 heavy (non-hydrogen) atoms. The molecule has 2 nitrogen and oxygen atoms in total. The van der Waals surface area contributed by atoms with Gasteiger partial charge in [-0.3, -0.25) is 4.79 Å². The van der Waals surface area contributed by atoms with E-state index in [1.54, 1.807) is 7.11 Å². The summed E-state index contributed by atoms with van der Waals surface area (Å²) in [5.74, 6) is 0.576. The first-order chi connectivity index (χ1) is 7.14. The lowest BCUT2D eigenvalue weighted by atomic mass is 9.84. The normalized spacial score (nSPS) is 23.1. The zero-order chi connectivity index (χ0) is 11.3. The Hall–Kier alpha value is -0.370. The molecule has 0 aromatic carbocycles. The maximum absolute atomic E-state index is 12.3. The predicted octanol–water partition coefficient (Wildman–Crippen LogP) is 3.34. The van der Waals surface area contributed by atoms with Crippen LogP contribution in [0.4, 0.5) is 0 Å². The van der Waals surface area contributed by atoms with Crippen molar-refractivity contribution in [1.29, 1.82) is 0 Å². The van der Waals surface area contributed by atoms with E-state index in [-0.39, 0.29) is 5.92 Å². The number of hydrogen-bond acceptors (Lipinski definition) is 2. The van der Waals surface area contributed by atoms with E-state index in [4.69, 9.17) is 4.74 Å². The number of carbonyl (C=O) groups is 1. The van der Waals surface area contributed by atoms with Gasteiger partial charge in [0.1, 0.15) is 5.60 Å². The van der Waals surface area contributed by atoms with Crippen molar-refractivity contribution in [2.75, 3.05) is 7.11 Å². The van der Waals surface area contributed by atoms with Gasteiger partial charge in [0.05, 0.1) is 0 Å².